The van der Waals surface area contributed by atoms with E-state index < -0.39 is 5.97 Å². The van der Waals surface area contributed by atoms with Crippen molar-refractivity contribution in [3.8, 4) is 0 Å². The number of carboxylic acid groups (broad SMARTS) is 1. The molecule has 0 spiro atoms. The van der Waals surface area contributed by atoms with Crippen LogP contribution < -0.4 is 10.2 Å². The first-order valence-corrected chi connectivity index (χ1v) is 9.16. The van der Waals surface area contributed by atoms with Gasteiger partial charge < -0.3 is 24.8 Å². The van der Waals surface area contributed by atoms with Gasteiger partial charge in [-0.05, 0) is 36.4 Å². The Bertz CT molecular complexity index is 867. The van der Waals surface area contributed by atoms with Crippen LogP contribution in [0.1, 0.15) is 20.7 Å². The Hall–Kier alpha value is -2.61. The first-order chi connectivity index (χ1) is 13.4. The third-order valence-electron chi connectivity index (χ3n) is 4.35. The Labute approximate surface area is 167 Å². The van der Waals surface area contributed by atoms with Gasteiger partial charge in [0.2, 0.25) is 0 Å². The monoisotopic (exact) mass is 404 g/mol. The fourth-order valence-corrected chi connectivity index (χ4v) is 3.19. The molecule has 1 saturated heterocycles. The van der Waals surface area contributed by atoms with Crippen LogP contribution in [0.15, 0.2) is 42.5 Å². The topological polar surface area (TPSA) is 88.1 Å². The zero-order valence-corrected chi connectivity index (χ0v) is 16.1. The third-order valence-corrected chi connectivity index (χ3v) is 4.58. The molecule has 1 heterocycles. The molecule has 0 radical (unpaired) electrons. The molecule has 1 amide bonds. The lowest BCUT2D eigenvalue weighted by molar-refractivity contribution is -0.0837. The van der Waals surface area contributed by atoms with Gasteiger partial charge >= 0.3 is 5.97 Å². The summed E-state index contributed by atoms with van der Waals surface area (Å²) in [6, 6.07) is 11.3. The van der Waals surface area contributed by atoms with Gasteiger partial charge in [0.15, 0.2) is 0 Å². The summed E-state index contributed by atoms with van der Waals surface area (Å²) in [6.07, 6.45) is -0.123. The molecule has 2 aromatic carbocycles. The SMILES string of the molecule is CN(C[C@@H]1COCCO1)c1ccc(NC(=O)c2cccc(Cl)c2)cc1C(=O)O. The van der Waals surface area contributed by atoms with Crippen molar-refractivity contribution >= 4 is 34.9 Å². The average molecular weight is 405 g/mol. The van der Waals surface area contributed by atoms with E-state index in [2.05, 4.69) is 5.32 Å². The smallest absolute Gasteiger partial charge is 0.337 e. The predicted octanol–water partition coefficient (Wildman–Crippen LogP) is 3.14. The molecule has 8 heteroatoms. The molecule has 1 fully saturated rings. The highest BCUT2D eigenvalue weighted by Crippen LogP contribution is 2.25. The number of halogens is 1. The van der Waals surface area contributed by atoms with E-state index in [1.165, 1.54) is 6.07 Å². The van der Waals surface area contributed by atoms with Crippen LogP contribution >= 0.6 is 11.6 Å². The van der Waals surface area contributed by atoms with Crippen LogP contribution in [0, 0.1) is 0 Å². The van der Waals surface area contributed by atoms with E-state index in [0.29, 0.717) is 48.3 Å². The number of ether oxygens (including phenoxy) is 2. The van der Waals surface area contributed by atoms with Crippen molar-refractivity contribution in [1.82, 2.24) is 0 Å². The van der Waals surface area contributed by atoms with Crippen LogP contribution in [0.2, 0.25) is 5.02 Å². The molecule has 1 aliphatic heterocycles. The predicted molar refractivity (Wildman–Crippen MR) is 107 cm³/mol. The Kier molecular flexibility index (Phi) is 6.51. The van der Waals surface area contributed by atoms with Crippen molar-refractivity contribution < 1.29 is 24.2 Å². The lowest BCUT2D eigenvalue weighted by atomic mass is 10.1. The van der Waals surface area contributed by atoms with Crippen molar-refractivity contribution in [2.45, 2.75) is 6.10 Å². The Morgan fingerprint density at radius 1 is 1.25 bits per heavy atom. The fourth-order valence-electron chi connectivity index (χ4n) is 3.00. The van der Waals surface area contributed by atoms with E-state index in [1.807, 2.05) is 4.90 Å². The van der Waals surface area contributed by atoms with E-state index >= 15 is 0 Å². The minimum absolute atomic E-state index is 0.0862. The number of amides is 1. The summed E-state index contributed by atoms with van der Waals surface area (Å²) in [5.41, 5.74) is 1.39. The van der Waals surface area contributed by atoms with Crippen molar-refractivity contribution in [2.75, 3.05) is 43.6 Å². The van der Waals surface area contributed by atoms with E-state index in [-0.39, 0.29) is 17.6 Å². The zero-order chi connectivity index (χ0) is 20.1. The highest BCUT2D eigenvalue weighted by molar-refractivity contribution is 6.31. The Morgan fingerprint density at radius 3 is 2.75 bits per heavy atom. The first-order valence-electron chi connectivity index (χ1n) is 8.79. The van der Waals surface area contributed by atoms with E-state index in [9.17, 15) is 14.7 Å². The summed E-state index contributed by atoms with van der Waals surface area (Å²) in [4.78, 5) is 25.9. The normalized spacial score (nSPS) is 16.4. The number of benzene rings is 2. The minimum Gasteiger partial charge on any atom is -0.478 e. The molecule has 148 valence electrons. The molecule has 2 N–H and O–H groups in total. The maximum atomic E-state index is 12.4. The number of aromatic carboxylic acids is 1. The van der Waals surface area contributed by atoms with E-state index in [0.717, 1.165) is 0 Å². The van der Waals surface area contributed by atoms with E-state index in [4.69, 9.17) is 21.1 Å². The van der Waals surface area contributed by atoms with Gasteiger partial charge in [-0.1, -0.05) is 17.7 Å². The van der Waals surface area contributed by atoms with Crippen molar-refractivity contribution in [2.24, 2.45) is 0 Å². The fraction of sp³-hybridized carbons (Fsp3) is 0.300. The van der Waals surface area contributed by atoms with Gasteiger partial charge in [-0.2, -0.15) is 0 Å². The number of hydrogen-bond acceptors (Lipinski definition) is 5. The first kappa shape index (κ1) is 20.1. The average Bonchev–Trinajstić information content (AvgIpc) is 2.68. The largest absolute Gasteiger partial charge is 0.478 e. The van der Waals surface area contributed by atoms with E-state index in [1.54, 1.807) is 43.4 Å². The van der Waals surface area contributed by atoms with Crippen molar-refractivity contribution in [1.29, 1.82) is 0 Å². The maximum Gasteiger partial charge on any atom is 0.337 e. The molecular weight excluding hydrogens is 384 g/mol. The van der Waals surface area contributed by atoms with Crippen LogP contribution in [0.25, 0.3) is 0 Å². The van der Waals surface area contributed by atoms with Gasteiger partial charge in [-0.25, -0.2) is 4.79 Å². The van der Waals surface area contributed by atoms with Gasteiger partial charge in [0, 0.05) is 29.9 Å². The summed E-state index contributed by atoms with van der Waals surface area (Å²) in [6.45, 7) is 2.06. The number of hydrogen-bond donors (Lipinski definition) is 2. The molecule has 3 rings (SSSR count). The summed E-state index contributed by atoms with van der Waals surface area (Å²) >= 11 is 5.91. The van der Waals surface area contributed by atoms with Gasteiger partial charge in [0.1, 0.15) is 0 Å². The number of carboxylic acids is 1. The number of nitrogens with zero attached hydrogens (tertiary/aromatic N) is 1. The number of anilines is 2. The van der Waals surface area contributed by atoms with Crippen LogP contribution in [0.5, 0.6) is 0 Å². The molecule has 0 aliphatic carbocycles. The molecular formula is C20H21ClN2O5. The number of nitrogens with one attached hydrogen (secondary N) is 1. The van der Waals surface area contributed by atoms with Gasteiger partial charge in [-0.15, -0.1) is 0 Å². The van der Waals surface area contributed by atoms with Gasteiger partial charge in [0.25, 0.3) is 5.91 Å². The lowest BCUT2D eigenvalue weighted by Crippen LogP contribution is -2.38. The summed E-state index contributed by atoms with van der Waals surface area (Å²) in [5, 5.41) is 12.8. The number of carbonyl (C=O) groups excluding carboxylic acids is 1. The maximum absolute atomic E-state index is 12.4. The van der Waals surface area contributed by atoms with Crippen LogP contribution in [0.4, 0.5) is 11.4 Å². The van der Waals surface area contributed by atoms with Gasteiger partial charge in [-0.3, -0.25) is 4.79 Å². The molecule has 7 nitrogen and oxygen atoms in total. The Balaban J connectivity index is 1.76. The Morgan fingerprint density at radius 2 is 2.07 bits per heavy atom. The van der Waals surface area contributed by atoms with Crippen molar-refractivity contribution in [3.63, 3.8) is 0 Å². The molecule has 0 unspecified atom stereocenters. The highest BCUT2D eigenvalue weighted by atomic mass is 35.5. The molecule has 1 atom stereocenters. The lowest BCUT2D eigenvalue weighted by Gasteiger charge is -2.29. The minimum atomic E-state index is -1.08. The summed E-state index contributed by atoms with van der Waals surface area (Å²) < 4.78 is 11.0. The second-order valence-electron chi connectivity index (χ2n) is 6.45. The third kappa shape index (κ3) is 5.01. The highest BCUT2D eigenvalue weighted by Gasteiger charge is 2.20. The standard InChI is InChI=1S/C20H21ClN2O5/c1-23(11-16-12-27-7-8-28-16)18-6-5-15(10-17(18)20(25)26)22-19(24)13-3-2-4-14(21)9-13/h2-6,9-10,16H,7-8,11-12H2,1H3,(H,22,24)(H,25,26)/t16-/m1/s1. The number of carbonyl (C=O) groups is 2. The summed E-state index contributed by atoms with van der Waals surface area (Å²) in [5.74, 6) is -1.45. The van der Waals surface area contributed by atoms with Gasteiger partial charge in [0.05, 0.1) is 37.2 Å². The van der Waals surface area contributed by atoms with Crippen molar-refractivity contribution in [3.05, 3.63) is 58.6 Å². The molecule has 0 aromatic heterocycles. The molecule has 28 heavy (non-hydrogen) atoms. The summed E-state index contributed by atoms with van der Waals surface area (Å²) in [7, 11) is 1.80. The number of rotatable bonds is 6. The molecule has 2 aromatic rings. The second-order valence-corrected chi connectivity index (χ2v) is 6.89. The van der Waals surface area contributed by atoms with Crippen LogP contribution in [-0.2, 0) is 9.47 Å². The van der Waals surface area contributed by atoms with Crippen LogP contribution in [0.3, 0.4) is 0 Å². The van der Waals surface area contributed by atoms with Crippen LogP contribution in [-0.4, -0.2) is 56.5 Å². The molecule has 0 bridgehead atoms. The zero-order valence-electron chi connectivity index (χ0n) is 15.4. The molecule has 0 saturated carbocycles. The molecule has 1 aliphatic rings. The number of likely N-dealkylation sites (N-methyl/N-ethyl adjacent to an activating group) is 1. The second kappa shape index (κ2) is 9.05. The quantitative estimate of drug-likeness (QED) is 0.769.